The first kappa shape index (κ1) is 6.17. The van der Waals surface area contributed by atoms with Crippen molar-refractivity contribution in [3.63, 3.8) is 0 Å². The van der Waals surface area contributed by atoms with Crippen LogP contribution in [0.25, 0.3) is 11.0 Å². The zero-order chi connectivity index (χ0) is 7.97. The molecular formula is C9H9N3. The molecule has 3 rings (SSSR count). The molecule has 0 radical (unpaired) electrons. The molecule has 2 aromatic rings. The Kier molecular flexibility index (Phi) is 1.06. The van der Waals surface area contributed by atoms with Gasteiger partial charge in [-0.1, -0.05) is 0 Å². The van der Waals surface area contributed by atoms with Crippen molar-refractivity contribution in [3.05, 3.63) is 23.5 Å². The number of aromatic amines is 1. The summed E-state index contributed by atoms with van der Waals surface area (Å²) in [6.45, 7) is 0. The van der Waals surface area contributed by atoms with E-state index in [0.29, 0.717) is 0 Å². The maximum absolute atomic E-state index is 4.50. The van der Waals surface area contributed by atoms with Gasteiger partial charge in [0.25, 0.3) is 0 Å². The quantitative estimate of drug-likeness (QED) is 0.632. The molecule has 0 bridgehead atoms. The van der Waals surface area contributed by atoms with Crippen molar-refractivity contribution in [3.8, 4) is 0 Å². The number of nitrogens with one attached hydrogen (secondary N) is 1. The third-order valence-electron chi connectivity index (χ3n) is 2.45. The van der Waals surface area contributed by atoms with Gasteiger partial charge in [0.05, 0.1) is 6.20 Å². The Morgan fingerprint density at radius 2 is 2.33 bits per heavy atom. The summed E-state index contributed by atoms with van der Waals surface area (Å²) < 4.78 is 0. The lowest BCUT2D eigenvalue weighted by atomic mass is 10.2. The lowest BCUT2D eigenvalue weighted by Gasteiger charge is -1.96. The molecule has 0 fully saturated rings. The highest BCUT2D eigenvalue weighted by Gasteiger charge is 2.13. The van der Waals surface area contributed by atoms with E-state index in [1.807, 2.05) is 6.20 Å². The van der Waals surface area contributed by atoms with Crippen molar-refractivity contribution in [1.82, 2.24) is 15.2 Å². The first-order valence-corrected chi connectivity index (χ1v) is 4.25. The third kappa shape index (κ3) is 0.706. The Hall–Kier alpha value is -1.38. The van der Waals surface area contributed by atoms with Crippen molar-refractivity contribution in [2.45, 2.75) is 19.3 Å². The monoisotopic (exact) mass is 159 g/mol. The van der Waals surface area contributed by atoms with E-state index in [1.165, 1.54) is 24.1 Å². The molecule has 0 saturated heterocycles. The molecule has 3 nitrogen and oxygen atoms in total. The number of H-pyrrole nitrogens is 1. The van der Waals surface area contributed by atoms with Gasteiger partial charge in [0.1, 0.15) is 0 Å². The number of hydrogen-bond acceptors (Lipinski definition) is 2. The Balaban J connectivity index is 2.38. The van der Waals surface area contributed by atoms with Gasteiger partial charge in [0.15, 0.2) is 5.65 Å². The van der Waals surface area contributed by atoms with Crippen LogP contribution in [0.4, 0.5) is 0 Å². The number of fused-ring (bicyclic) bond motifs is 2. The number of rotatable bonds is 0. The Labute approximate surface area is 69.8 Å². The van der Waals surface area contributed by atoms with E-state index in [9.17, 15) is 0 Å². The number of aromatic nitrogens is 3. The molecule has 2 heterocycles. The average molecular weight is 159 g/mol. The summed E-state index contributed by atoms with van der Waals surface area (Å²) in [6, 6.07) is 2.20. The van der Waals surface area contributed by atoms with E-state index in [1.54, 1.807) is 0 Å². The predicted octanol–water partition coefficient (Wildman–Crippen LogP) is 1.45. The summed E-state index contributed by atoms with van der Waals surface area (Å²) in [6.07, 6.45) is 5.40. The summed E-state index contributed by atoms with van der Waals surface area (Å²) in [5.41, 5.74) is 3.59. The lowest BCUT2D eigenvalue weighted by Crippen LogP contribution is -1.87. The van der Waals surface area contributed by atoms with Gasteiger partial charge in [-0.15, -0.1) is 0 Å². The van der Waals surface area contributed by atoms with Gasteiger partial charge < -0.3 is 0 Å². The molecule has 0 amide bonds. The van der Waals surface area contributed by atoms with Crippen molar-refractivity contribution >= 4 is 11.0 Å². The SMILES string of the molecule is c1n[nH]c2nc3c(cc12)CCC3. The lowest BCUT2D eigenvalue weighted by molar-refractivity contribution is 0.899. The van der Waals surface area contributed by atoms with Crippen LogP contribution >= 0.6 is 0 Å². The highest BCUT2D eigenvalue weighted by atomic mass is 15.1. The van der Waals surface area contributed by atoms with E-state index in [0.717, 1.165) is 17.5 Å². The van der Waals surface area contributed by atoms with Crippen molar-refractivity contribution in [2.24, 2.45) is 0 Å². The molecule has 0 aliphatic heterocycles. The summed E-state index contributed by atoms with van der Waals surface area (Å²) >= 11 is 0. The second-order valence-corrected chi connectivity index (χ2v) is 3.26. The molecule has 3 heteroatoms. The minimum absolute atomic E-state index is 0.927. The molecule has 0 spiro atoms. The zero-order valence-corrected chi connectivity index (χ0v) is 6.67. The molecule has 0 aromatic carbocycles. The van der Waals surface area contributed by atoms with E-state index in [-0.39, 0.29) is 0 Å². The van der Waals surface area contributed by atoms with Gasteiger partial charge in [-0.2, -0.15) is 5.10 Å². The van der Waals surface area contributed by atoms with Gasteiger partial charge >= 0.3 is 0 Å². The highest BCUT2D eigenvalue weighted by Crippen LogP contribution is 2.22. The highest BCUT2D eigenvalue weighted by molar-refractivity contribution is 5.75. The Bertz CT molecular complexity index is 392. The van der Waals surface area contributed by atoms with Gasteiger partial charge in [0.2, 0.25) is 0 Å². The smallest absolute Gasteiger partial charge is 0.155 e. The normalized spacial score (nSPS) is 15.3. The van der Waals surface area contributed by atoms with Gasteiger partial charge in [-0.05, 0) is 30.9 Å². The second-order valence-electron chi connectivity index (χ2n) is 3.26. The van der Waals surface area contributed by atoms with Gasteiger partial charge in [-0.25, -0.2) is 4.98 Å². The molecule has 1 aliphatic rings. The van der Waals surface area contributed by atoms with Crippen LogP contribution in [0.2, 0.25) is 0 Å². The van der Waals surface area contributed by atoms with Crippen LogP contribution in [-0.2, 0) is 12.8 Å². The first-order valence-electron chi connectivity index (χ1n) is 4.25. The van der Waals surface area contributed by atoms with Crippen molar-refractivity contribution < 1.29 is 0 Å². The standard InChI is InChI=1S/C9H9N3/c1-2-6-4-7-5-10-12-9(7)11-8(6)3-1/h4-5H,1-3H2,(H,10,11,12). The maximum atomic E-state index is 4.50. The Morgan fingerprint density at radius 3 is 3.33 bits per heavy atom. The molecule has 12 heavy (non-hydrogen) atoms. The van der Waals surface area contributed by atoms with Gasteiger partial charge in [0, 0.05) is 11.1 Å². The fraction of sp³-hybridized carbons (Fsp3) is 0.333. The molecule has 2 aromatic heterocycles. The number of nitrogens with zero attached hydrogens (tertiary/aromatic N) is 2. The molecular weight excluding hydrogens is 150 g/mol. The van der Waals surface area contributed by atoms with Crippen LogP contribution in [0, 0.1) is 0 Å². The maximum Gasteiger partial charge on any atom is 0.155 e. The number of hydrogen-bond donors (Lipinski definition) is 1. The second kappa shape index (κ2) is 2.06. The first-order chi connectivity index (χ1) is 5.93. The topological polar surface area (TPSA) is 41.6 Å². The molecule has 1 aliphatic carbocycles. The largest absolute Gasteiger partial charge is 0.261 e. The van der Waals surface area contributed by atoms with Gasteiger partial charge in [-0.3, -0.25) is 5.10 Å². The predicted molar refractivity (Wildman–Crippen MR) is 45.9 cm³/mol. The van der Waals surface area contributed by atoms with Crippen LogP contribution in [0.15, 0.2) is 12.3 Å². The summed E-state index contributed by atoms with van der Waals surface area (Å²) in [5, 5.41) is 7.98. The number of pyridine rings is 1. The molecule has 0 atom stereocenters. The average Bonchev–Trinajstić information content (AvgIpc) is 2.64. The minimum Gasteiger partial charge on any atom is -0.261 e. The fourth-order valence-electron chi connectivity index (χ4n) is 1.84. The van der Waals surface area contributed by atoms with Crippen LogP contribution in [-0.4, -0.2) is 15.2 Å². The Morgan fingerprint density at radius 1 is 1.33 bits per heavy atom. The molecule has 0 unspecified atom stereocenters. The molecule has 60 valence electrons. The third-order valence-corrected chi connectivity index (χ3v) is 2.45. The van der Waals surface area contributed by atoms with E-state index in [4.69, 9.17) is 0 Å². The molecule has 1 N–H and O–H groups in total. The fourth-order valence-corrected chi connectivity index (χ4v) is 1.84. The van der Waals surface area contributed by atoms with Crippen LogP contribution < -0.4 is 0 Å². The van der Waals surface area contributed by atoms with E-state index < -0.39 is 0 Å². The number of aryl methyl sites for hydroxylation is 2. The summed E-state index contributed by atoms with van der Waals surface area (Å²) in [5.74, 6) is 0. The summed E-state index contributed by atoms with van der Waals surface area (Å²) in [4.78, 5) is 4.50. The van der Waals surface area contributed by atoms with Crippen LogP contribution in [0.3, 0.4) is 0 Å². The zero-order valence-electron chi connectivity index (χ0n) is 6.67. The summed E-state index contributed by atoms with van der Waals surface area (Å²) in [7, 11) is 0. The minimum atomic E-state index is 0.927. The van der Waals surface area contributed by atoms with E-state index in [2.05, 4.69) is 21.2 Å². The van der Waals surface area contributed by atoms with Crippen LogP contribution in [0.1, 0.15) is 17.7 Å². The van der Waals surface area contributed by atoms with Crippen molar-refractivity contribution in [1.29, 1.82) is 0 Å². The van der Waals surface area contributed by atoms with Crippen LogP contribution in [0.5, 0.6) is 0 Å². The molecule has 0 saturated carbocycles. The van der Waals surface area contributed by atoms with Crippen molar-refractivity contribution in [2.75, 3.05) is 0 Å². The van der Waals surface area contributed by atoms with E-state index >= 15 is 0 Å².